The topological polar surface area (TPSA) is 34.1 Å². The van der Waals surface area contributed by atoms with Crippen molar-refractivity contribution < 1.29 is 9.59 Å². The van der Waals surface area contributed by atoms with Gasteiger partial charge in [-0.3, -0.25) is 9.59 Å². The van der Waals surface area contributed by atoms with Crippen LogP contribution in [0.5, 0.6) is 0 Å². The van der Waals surface area contributed by atoms with Crippen molar-refractivity contribution in [3.8, 4) is 0 Å². The second-order valence-corrected chi connectivity index (χ2v) is 5.77. The predicted molar refractivity (Wildman–Crippen MR) is 87.9 cm³/mol. The molecule has 0 saturated carbocycles. The summed E-state index contributed by atoms with van der Waals surface area (Å²) >= 11 is 0. The van der Waals surface area contributed by atoms with Crippen LogP contribution in [0.3, 0.4) is 0 Å². The van der Waals surface area contributed by atoms with Gasteiger partial charge in [0.1, 0.15) is 0 Å². The van der Waals surface area contributed by atoms with Gasteiger partial charge in [0.15, 0.2) is 11.6 Å². The molecule has 0 radical (unpaired) electrons. The van der Waals surface area contributed by atoms with E-state index in [1.165, 1.54) is 0 Å². The third-order valence-electron chi connectivity index (χ3n) is 4.57. The van der Waals surface area contributed by atoms with Crippen molar-refractivity contribution in [2.75, 3.05) is 0 Å². The molecule has 1 aliphatic carbocycles. The van der Waals surface area contributed by atoms with Crippen LogP contribution >= 0.6 is 0 Å². The monoisotopic (exact) mass is 292 g/mol. The molecule has 0 bridgehead atoms. The van der Waals surface area contributed by atoms with Gasteiger partial charge < -0.3 is 0 Å². The summed E-state index contributed by atoms with van der Waals surface area (Å²) in [6.45, 7) is 6.21. The molecule has 2 heteroatoms. The van der Waals surface area contributed by atoms with Crippen molar-refractivity contribution in [2.24, 2.45) is 0 Å². The fourth-order valence-corrected chi connectivity index (χ4v) is 3.21. The second kappa shape index (κ2) is 5.53. The molecule has 112 valence electrons. The molecule has 2 nitrogen and oxygen atoms in total. The van der Waals surface area contributed by atoms with E-state index in [9.17, 15) is 9.59 Å². The van der Waals surface area contributed by atoms with Crippen LogP contribution in [0.1, 0.15) is 69.3 Å². The second-order valence-electron chi connectivity index (χ2n) is 5.77. The predicted octanol–water partition coefficient (Wildman–Crippen LogP) is 4.15. The van der Waals surface area contributed by atoms with E-state index < -0.39 is 0 Å². The Morgan fingerprint density at radius 2 is 1.14 bits per heavy atom. The molecule has 0 heterocycles. The minimum atomic E-state index is -0.0235. The molecule has 0 fully saturated rings. The Morgan fingerprint density at radius 3 is 1.64 bits per heavy atom. The van der Waals surface area contributed by atoms with Crippen molar-refractivity contribution in [3.63, 3.8) is 0 Å². The number of ketones is 2. The molecule has 0 atom stereocenters. The summed E-state index contributed by atoms with van der Waals surface area (Å²) in [6, 6.07) is 9.46. The van der Waals surface area contributed by atoms with Crippen molar-refractivity contribution in [2.45, 2.75) is 40.0 Å². The minimum Gasteiger partial charge on any atom is -0.289 e. The van der Waals surface area contributed by atoms with E-state index in [1.807, 2.05) is 31.2 Å². The van der Waals surface area contributed by atoms with Crippen LogP contribution in [0.4, 0.5) is 0 Å². The van der Waals surface area contributed by atoms with Gasteiger partial charge in [-0.2, -0.15) is 0 Å². The van der Waals surface area contributed by atoms with Crippen LogP contribution in [0.15, 0.2) is 30.3 Å². The number of carbonyl (C=O) groups is 2. The Morgan fingerprint density at radius 1 is 0.636 bits per heavy atom. The summed E-state index contributed by atoms with van der Waals surface area (Å²) in [5.41, 5.74) is 5.65. The molecule has 0 aliphatic heterocycles. The zero-order chi connectivity index (χ0) is 15.9. The lowest BCUT2D eigenvalue weighted by Crippen LogP contribution is -2.22. The molecular formula is C20H20O2. The SMILES string of the molecule is CCc1ccc2c(c1)C(=O)c1cc(CC)c(CC)cc1C2=O. The highest BCUT2D eigenvalue weighted by atomic mass is 16.1. The van der Waals surface area contributed by atoms with Gasteiger partial charge in [-0.25, -0.2) is 0 Å². The number of benzene rings is 2. The van der Waals surface area contributed by atoms with E-state index in [0.717, 1.165) is 36.0 Å². The molecule has 2 aromatic rings. The summed E-state index contributed by atoms with van der Waals surface area (Å²) in [7, 11) is 0. The summed E-state index contributed by atoms with van der Waals surface area (Å²) in [4.78, 5) is 25.6. The van der Waals surface area contributed by atoms with E-state index in [4.69, 9.17) is 0 Å². The highest BCUT2D eigenvalue weighted by molar-refractivity contribution is 6.28. The van der Waals surface area contributed by atoms with Gasteiger partial charge in [-0.05, 0) is 54.2 Å². The lowest BCUT2D eigenvalue weighted by atomic mass is 9.81. The molecule has 0 N–H and O–H groups in total. The van der Waals surface area contributed by atoms with E-state index in [2.05, 4.69) is 13.8 Å². The Hall–Kier alpha value is -2.22. The molecule has 22 heavy (non-hydrogen) atoms. The van der Waals surface area contributed by atoms with Gasteiger partial charge in [0.05, 0.1) is 0 Å². The number of rotatable bonds is 3. The van der Waals surface area contributed by atoms with Crippen LogP contribution < -0.4 is 0 Å². The average molecular weight is 292 g/mol. The molecule has 0 unspecified atom stereocenters. The molecule has 0 saturated heterocycles. The Labute approximate surface area is 131 Å². The van der Waals surface area contributed by atoms with Gasteiger partial charge in [0.25, 0.3) is 0 Å². The van der Waals surface area contributed by atoms with Crippen LogP contribution in [-0.2, 0) is 19.3 Å². The largest absolute Gasteiger partial charge is 0.289 e. The summed E-state index contributed by atoms with van der Waals surface area (Å²) in [5, 5.41) is 0. The zero-order valence-corrected chi connectivity index (χ0v) is 13.3. The molecule has 0 spiro atoms. The maximum atomic E-state index is 12.8. The first-order valence-corrected chi connectivity index (χ1v) is 7.98. The number of aryl methyl sites for hydroxylation is 3. The first-order chi connectivity index (χ1) is 10.6. The van der Waals surface area contributed by atoms with E-state index in [0.29, 0.717) is 22.3 Å². The van der Waals surface area contributed by atoms with Gasteiger partial charge in [-0.1, -0.05) is 32.9 Å². The highest BCUT2D eigenvalue weighted by Gasteiger charge is 2.30. The molecule has 0 aromatic heterocycles. The summed E-state index contributed by atoms with van der Waals surface area (Å²) < 4.78 is 0. The van der Waals surface area contributed by atoms with Gasteiger partial charge in [0, 0.05) is 22.3 Å². The Bertz CT molecular complexity index is 785. The van der Waals surface area contributed by atoms with Crippen molar-refractivity contribution in [1.29, 1.82) is 0 Å². The van der Waals surface area contributed by atoms with Crippen LogP contribution in [0.2, 0.25) is 0 Å². The van der Waals surface area contributed by atoms with Gasteiger partial charge >= 0.3 is 0 Å². The maximum absolute atomic E-state index is 12.8. The van der Waals surface area contributed by atoms with E-state index in [1.54, 1.807) is 6.07 Å². The molecular weight excluding hydrogens is 272 g/mol. The van der Waals surface area contributed by atoms with Gasteiger partial charge in [0.2, 0.25) is 0 Å². The van der Waals surface area contributed by atoms with E-state index in [-0.39, 0.29) is 11.6 Å². The maximum Gasteiger partial charge on any atom is 0.194 e. The fraction of sp³-hybridized carbons (Fsp3) is 0.300. The first-order valence-electron chi connectivity index (χ1n) is 7.98. The number of carbonyl (C=O) groups excluding carboxylic acids is 2. The molecule has 1 aliphatic rings. The summed E-state index contributed by atoms with van der Waals surface area (Å²) in [5.74, 6) is -0.0399. The highest BCUT2D eigenvalue weighted by Crippen LogP contribution is 2.30. The lowest BCUT2D eigenvalue weighted by Gasteiger charge is -2.20. The van der Waals surface area contributed by atoms with Crippen LogP contribution in [0, 0.1) is 0 Å². The normalized spacial score (nSPS) is 13.0. The van der Waals surface area contributed by atoms with Crippen LogP contribution in [0.25, 0.3) is 0 Å². The molecule has 3 rings (SSSR count). The van der Waals surface area contributed by atoms with Gasteiger partial charge in [-0.15, -0.1) is 0 Å². The Balaban J connectivity index is 2.24. The van der Waals surface area contributed by atoms with Crippen LogP contribution in [-0.4, -0.2) is 11.6 Å². The van der Waals surface area contributed by atoms with Crippen molar-refractivity contribution in [3.05, 3.63) is 69.3 Å². The number of fused-ring (bicyclic) bond motifs is 2. The number of hydrogen-bond donors (Lipinski definition) is 0. The zero-order valence-electron chi connectivity index (χ0n) is 13.3. The summed E-state index contributed by atoms with van der Waals surface area (Å²) in [6.07, 6.45) is 2.61. The standard InChI is InChI=1S/C20H20O2/c1-4-12-7-8-15-16(9-12)20(22)18-11-14(6-3)13(5-2)10-17(18)19(15)21/h7-11H,4-6H2,1-3H3. The average Bonchev–Trinajstić information content (AvgIpc) is 2.57. The number of hydrogen-bond acceptors (Lipinski definition) is 2. The molecule has 0 amide bonds. The van der Waals surface area contributed by atoms with E-state index >= 15 is 0 Å². The first kappa shape index (κ1) is 14.7. The fourth-order valence-electron chi connectivity index (χ4n) is 3.21. The quantitative estimate of drug-likeness (QED) is 0.726. The molecule has 2 aromatic carbocycles. The van der Waals surface area contributed by atoms with Crippen molar-refractivity contribution >= 4 is 11.6 Å². The third kappa shape index (κ3) is 2.10. The smallest absolute Gasteiger partial charge is 0.194 e. The van der Waals surface area contributed by atoms with Crippen molar-refractivity contribution in [1.82, 2.24) is 0 Å². The minimum absolute atomic E-state index is 0.0164. The Kier molecular flexibility index (Phi) is 3.69. The lowest BCUT2D eigenvalue weighted by molar-refractivity contribution is 0.0979. The third-order valence-corrected chi connectivity index (χ3v) is 4.57.